The van der Waals surface area contributed by atoms with Gasteiger partial charge in [0, 0.05) is 32.1 Å². The highest BCUT2D eigenvalue weighted by Crippen LogP contribution is 2.31. The average Bonchev–Trinajstić information content (AvgIpc) is 2.79. The molecule has 0 aliphatic heterocycles. The van der Waals surface area contributed by atoms with Crippen molar-refractivity contribution in [1.82, 2.24) is 10.3 Å². The van der Waals surface area contributed by atoms with Gasteiger partial charge in [-0.15, -0.1) is 11.3 Å². The van der Waals surface area contributed by atoms with E-state index in [9.17, 15) is 0 Å². The summed E-state index contributed by atoms with van der Waals surface area (Å²) in [6.07, 6.45) is 1.94. The summed E-state index contributed by atoms with van der Waals surface area (Å²) in [5.41, 5.74) is 1.15. The minimum Gasteiger partial charge on any atom is -0.312 e. The van der Waals surface area contributed by atoms with E-state index in [0.717, 1.165) is 32.6 Å². The molecule has 0 spiro atoms. The lowest BCUT2D eigenvalue weighted by Crippen LogP contribution is -2.10. The molecule has 0 fully saturated rings. The zero-order valence-electron chi connectivity index (χ0n) is 9.34. The molecule has 0 aliphatic rings. The van der Waals surface area contributed by atoms with E-state index in [0.29, 0.717) is 0 Å². The Labute approximate surface area is 122 Å². The number of rotatable bonds is 4. The first kappa shape index (κ1) is 13.2. The van der Waals surface area contributed by atoms with Crippen LogP contribution >= 0.6 is 43.2 Å². The summed E-state index contributed by atoms with van der Waals surface area (Å²) < 4.78 is 2.11. The van der Waals surface area contributed by atoms with Crippen molar-refractivity contribution < 1.29 is 0 Å². The van der Waals surface area contributed by atoms with Crippen LogP contribution in [0.15, 0.2) is 33.3 Å². The summed E-state index contributed by atoms with van der Waals surface area (Å²) in [7, 11) is 0. The molecule has 0 atom stereocenters. The largest absolute Gasteiger partial charge is 0.312 e. The Hall–Kier alpha value is -0.230. The molecule has 0 unspecified atom stereocenters. The second-order valence-corrected chi connectivity index (χ2v) is 6.36. The van der Waals surface area contributed by atoms with Crippen LogP contribution in [0.3, 0.4) is 0 Å². The maximum atomic E-state index is 4.45. The van der Waals surface area contributed by atoms with Gasteiger partial charge in [-0.2, -0.15) is 0 Å². The molecule has 0 saturated heterocycles. The summed E-state index contributed by atoms with van der Waals surface area (Å²) in [4.78, 5) is 5.72. The van der Waals surface area contributed by atoms with E-state index in [-0.39, 0.29) is 0 Å². The topological polar surface area (TPSA) is 24.9 Å². The van der Waals surface area contributed by atoms with Crippen LogP contribution in [0.4, 0.5) is 0 Å². The summed E-state index contributed by atoms with van der Waals surface area (Å²) in [6, 6.07) is 6.19. The fourth-order valence-corrected chi connectivity index (χ4v) is 2.90. The van der Waals surface area contributed by atoms with Crippen molar-refractivity contribution in [3.05, 3.63) is 38.2 Å². The summed E-state index contributed by atoms with van der Waals surface area (Å²) in [5, 5.41) is 4.36. The highest BCUT2D eigenvalue weighted by molar-refractivity contribution is 9.13. The molecule has 90 valence electrons. The molecule has 0 aliphatic carbocycles. The van der Waals surface area contributed by atoms with Gasteiger partial charge >= 0.3 is 0 Å². The molecule has 1 N–H and O–H groups in total. The molecule has 1 heterocycles. The van der Waals surface area contributed by atoms with E-state index in [4.69, 9.17) is 0 Å². The summed E-state index contributed by atoms with van der Waals surface area (Å²) in [6.45, 7) is 3.98. The first-order chi connectivity index (χ1) is 8.20. The zero-order chi connectivity index (χ0) is 12.3. The van der Waals surface area contributed by atoms with E-state index < -0.39 is 0 Å². The fraction of sp³-hybridized carbons (Fsp3) is 0.250. The van der Waals surface area contributed by atoms with E-state index in [1.807, 2.05) is 12.3 Å². The molecule has 2 rings (SSSR count). The minimum atomic E-state index is 0.895. The standard InChI is InChI=1S/C12H12Br2N2S/c1-2-15-6-9-7-16-12(17-9)8-3-4-10(13)11(14)5-8/h3-5,7,15H,2,6H2,1H3. The van der Waals surface area contributed by atoms with Gasteiger partial charge in [0.1, 0.15) is 5.01 Å². The Kier molecular flexibility index (Phi) is 4.73. The van der Waals surface area contributed by atoms with Crippen molar-refractivity contribution in [2.24, 2.45) is 0 Å². The third-order valence-corrected chi connectivity index (χ3v) is 5.20. The predicted octanol–water partition coefficient (Wildman–Crippen LogP) is 4.44. The van der Waals surface area contributed by atoms with E-state index in [1.165, 1.54) is 4.88 Å². The Morgan fingerprint density at radius 3 is 2.82 bits per heavy atom. The van der Waals surface area contributed by atoms with Gasteiger partial charge in [-0.3, -0.25) is 0 Å². The zero-order valence-corrected chi connectivity index (χ0v) is 13.3. The number of thiazole rings is 1. The summed E-state index contributed by atoms with van der Waals surface area (Å²) >= 11 is 8.71. The van der Waals surface area contributed by atoms with Gasteiger partial charge in [0.2, 0.25) is 0 Å². The van der Waals surface area contributed by atoms with Crippen molar-refractivity contribution in [3.63, 3.8) is 0 Å². The highest BCUT2D eigenvalue weighted by atomic mass is 79.9. The Bertz CT molecular complexity index is 511. The van der Waals surface area contributed by atoms with Gasteiger partial charge in [0.05, 0.1) is 0 Å². The van der Waals surface area contributed by atoms with E-state index >= 15 is 0 Å². The monoisotopic (exact) mass is 374 g/mol. The Morgan fingerprint density at radius 1 is 1.29 bits per heavy atom. The lowest BCUT2D eigenvalue weighted by molar-refractivity contribution is 0.734. The van der Waals surface area contributed by atoms with Crippen LogP contribution < -0.4 is 5.32 Å². The Balaban J connectivity index is 2.21. The van der Waals surface area contributed by atoms with Crippen molar-refractivity contribution in [2.45, 2.75) is 13.5 Å². The van der Waals surface area contributed by atoms with Crippen molar-refractivity contribution in [2.75, 3.05) is 6.54 Å². The molecular formula is C12H12Br2N2S. The third kappa shape index (κ3) is 3.37. The van der Waals surface area contributed by atoms with Gasteiger partial charge in [-0.1, -0.05) is 13.0 Å². The lowest BCUT2D eigenvalue weighted by Gasteiger charge is -1.99. The van der Waals surface area contributed by atoms with Crippen LogP contribution in [0.1, 0.15) is 11.8 Å². The minimum absolute atomic E-state index is 0.895. The summed E-state index contributed by atoms with van der Waals surface area (Å²) in [5.74, 6) is 0. The van der Waals surface area contributed by atoms with Crippen LogP contribution in [-0.2, 0) is 6.54 Å². The van der Waals surface area contributed by atoms with Crippen molar-refractivity contribution in [1.29, 1.82) is 0 Å². The lowest BCUT2D eigenvalue weighted by atomic mass is 10.2. The molecule has 1 aromatic heterocycles. The molecule has 2 aromatic rings. The van der Waals surface area contributed by atoms with Crippen LogP contribution in [0, 0.1) is 0 Å². The fourth-order valence-electron chi connectivity index (χ4n) is 1.40. The SMILES string of the molecule is CCNCc1cnc(-c2ccc(Br)c(Br)c2)s1. The first-order valence-corrected chi connectivity index (χ1v) is 7.71. The van der Waals surface area contributed by atoms with Crippen LogP contribution in [-0.4, -0.2) is 11.5 Å². The first-order valence-electron chi connectivity index (χ1n) is 5.31. The molecular weight excluding hydrogens is 364 g/mol. The molecule has 0 bridgehead atoms. The smallest absolute Gasteiger partial charge is 0.123 e. The van der Waals surface area contributed by atoms with Gasteiger partial charge in [0.15, 0.2) is 0 Å². The molecule has 0 saturated carbocycles. The van der Waals surface area contributed by atoms with Crippen LogP contribution in [0.2, 0.25) is 0 Å². The quantitative estimate of drug-likeness (QED) is 0.854. The number of halogens is 2. The third-order valence-electron chi connectivity index (χ3n) is 2.27. The number of benzene rings is 1. The van der Waals surface area contributed by atoms with Gasteiger partial charge in [-0.05, 0) is 50.5 Å². The number of nitrogens with one attached hydrogen (secondary N) is 1. The van der Waals surface area contributed by atoms with Gasteiger partial charge in [0.25, 0.3) is 0 Å². The number of aromatic nitrogens is 1. The van der Waals surface area contributed by atoms with Gasteiger partial charge < -0.3 is 5.32 Å². The van der Waals surface area contributed by atoms with Crippen molar-refractivity contribution >= 4 is 43.2 Å². The molecule has 17 heavy (non-hydrogen) atoms. The molecule has 1 aromatic carbocycles. The van der Waals surface area contributed by atoms with Crippen LogP contribution in [0.5, 0.6) is 0 Å². The molecule has 5 heteroatoms. The van der Waals surface area contributed by atoms with Crippen LogP contribution in [0.25, 0.3) is 10.6 Å². The number of hydrogen-bond acceptors (Lipinski definition) is 3. The molecule has 0 amide bonds. The normalized spacial score (nSPS) is 10.8. The second-order valence-electron chi connectivity index (χ2n) is 3.54. The molecule has 0 radical (unpaired) electrons. The van der Waals surface area contributed by atoms with Gasteiger partial charge in [-0.25, -0.2) is 4.98 Å². The number of nitrogens with zero attached hydrogens (tertiary/aromatic N) is 1. The average molecular weight is 376 g/mol. The number of hydrogen-bond donors (Lipinski definition) is 1. The molecule has 2 nitrogen and oxygen atoms in total. The van der Waals surface area contributed by atoms with E-state index in [2.05, 4.69) is 61.2 Å². The van der Waals surface area contributed by atoms with Crippen molar-refractivity contribution in [3.8, 4) is 10.6 Å². The maximum Gasteiger partial charge on any atom is 0.123 e. The Morgan fingerprint density at radius 2 is 2.12 bits per heavy atom. The maximum absolute atomic E-state index is 4.45. The van der Waals surface area contributed by atoms with E-state index in [1.54, 1.807) is 11.3 Å². The second kappa shape index (κ2) is 6.09. The predicted molar refractivity (Wildman–Crippen MR) is 80.3 cm³/mol. The highest BCUT2D eigenvalue weighted by Gasteiger charge is 2.06.